The van der Waals surface area contributed by atoms with Crippen molar-refractivity contribution in [1.82, 2.24) is 4.90 Å². The Bertz CT molecular complexity index is 804. The molecule has 0 unspecified atom stereocenters. The fourth-order valence-electron chi connectivity index (χ4n) is 3.19. The highest BCUT2D eigenvalue weighted by atomic mass is 32.2. The van der Waals surface area contributed by atoms with E-state index in [1.54, 1.807) is 23.3 Å². The van der Waals surface area contributed by atoms with E-state index in [-0.39, 0.29) is 29.5 Å². The second kappa shape index (κ2) is 7.68. The summed E-state index contributed by atoms with van der Waals surface area (Å²) in [6.07, 6.45) is 0.539. The number of carbonyl (C=O) groups is 1. The minimum Gasteiger partial charge on any atom is -0.337 e. The Labute approximate surface area is 152 Å². The largest absolute Gasteiger partial charge is 0.337 e. The fourth-order valence-corrected chi connectivity index (χ4v) is 5.82. The molecular formula is C18H23N2O3S2+. The first-order valence-electron chi connectivity index (χ1n) is 8.34. The number of hydrogen-bond donors (Lipinski definition) is 1. The van der Waals surface area contributed by atoms with Crippen LogP contribution < -0.4 is 5.32 Å². The van der Waals surface area contributed by atoms with Gasteiger partial charge in [-0.05, 0) is 17.9 Å². The van der Waals surface area contributed by atoms with Gasteiger partial charge in [0.05, 0.1) is 16.4 Å². The monoisotopic (exact) mass is 379 g/mol. The fraction of sp³-hybridized carbons (Fsp3) is 0.389. The topological polar surface area (TPSA) is 71.1 Å². The lowest BCUT2D eigenvalue weighted by Gasteiger charge is -2.23. The number of benzene rings is 1. The number of nitrogens with zero attached hydrogens (tertiary/aromatic N) is 1. The third-order valence-electron chi connectivity index (χ3n) is 4.69. The molecule has 7 heteroatoms. The Morgan fingerprint density at radius 1 is 1.28 bits per heavy atom. The first-order chi connectivity index (χ1) is 12.0. The van der Waals surface area contributed by atoms with Crippen molar-refractivity contribution in [2.75, 3.05) is 25.1 Å². The van der Waals surface area contributed by atoms with Gasteiger partial charge in [-0.15, -0.1) is 11.3 Å². The van der Waals surface area contributed by atoms with Gasteiger partial charge in [-0.2, -0.15) is 0 Å². The average Bonchev–Trinajstić information content (AvgIpc) is 3.25. The molecule has 0 saturated carbocycles. The van der Waals surface area contributed by atoms with Crippen molar-refractivity contribution in [3.63, 3.8) is 0 Å². The lowest BCUT2D eigenvalue weighted by molar-refractivity contribution is -0.676. The summed E-state index contributed by atoms with van der Waals surface area (Å²) in [6.45, 7) is 0.296. The van der Waals surface area contributed by atoms with E-state index in [1.807, 2.05) is 35.0 Å². The molecule has 1 aliphatic heterocycles. The number of amides is 1. The summed E-state index contributed by atoms with van der Waals surface area (Å²) in [7, 11) is -1.27. The Morgan fingerprint density at radius 2 is 2.04 bits per heavy atom. The summed E-state index contributed by atoms with van der Waals surface area (Å²) < 4.78 is 23.3. The zero-order chi connectivity index (χ0) is 17.9. The van der Waals surface area contributed by atoms with Crippen molar-refractivity contribution in [2.24, 2.45) is 0 Å². The number of rotatable bonds is 6. The van der Waals surface area contributed by atoms with Crippen molar-refractivity contribution < 1.29 is 18.5 Å². The van der Waals surface area contributed by atoms with Crippen LogP contribution in [0.3, 0.4) is 0 Å². The molecule has 1 saturated heterocycles. The summed E-state index contributed by atoms with van der Waals surface area (Å²) >= 11 is 1.68. The van der Waals surface area contributed by atoms with Gasteiger partial charge in [0, 0.05) is 18.7 Å². The zero-order valence-corrected chi connectivity index (χ0v) is 15.8. The molecule has 1 aromatic heterocycles. The molecule has 0 bridgehead atoms. The van der Waals surface area contributed by atoms with Gasteiger partial charge in [0.1, 0.15) is 6.04 Å². The van der Waals surface area contributed by atoms with E-state index in [9.17, 15) is 13.2 Å². The van der Waals surface area contributed by atoms with Crippen LogP contribution in [0.15, 0.2) is 47.8 Å². The lowest BCUT2D eigenvalue weighted by atomic mass is 10.1. The maximum Gasteiger partial charge on any atom is 0.277 e. The Morgan fingerprint density at radius 3 is 2.64 bits per heavy atom. The highest BCUT2D eigenvalue weighted by Gasteiger charge is 2.33. The van der Waals surface area contributed by atoms with E-state index in [2.05, 4.69) is 18.2 Å². The van der Waals surface area contributed by atoms with Crippen LogP contribution in [0.25, 0.3) is 0 Å². The van der Waals surface area contributed by atoms with Crippen LogP contribution in [0.2, 0.25) is 0 Å². The average molecular weight is 380 g/mol. The number of sulfone groups is 1. The van der Waals surface area contributed by atoms with Gasteiger partial charge in [0.2, 0.25) is 0 Å². The molecule has 1 aliphatic rings. The Hall–Kier alpha value is -1.70. The SMILES string of the molecule is CN(C(=O)C[NH2+][C@@H](c1ccccc1)c1cccs1)[C@@H]1CCS(=O)(=O)C1. The highest BCUT2D eigenvalue weighted by Crippen LogP contribution is 2.22. The van der Waals surface area contributed by atoms with Gasteiger partial charge in [-0.3, -0.25) is 4.79 Å². The summed E-state index contributed by atoms with van der Waals surface area (Å²) in [6, 6.07) is 14.1. The van der Waals surface area contributed by atoms with Crippen LogP contribution in [-0.2, 0) is 14.6 Å². The van der Waals surface area contributed by atoms with Gasteiger partial charge in [-0.1, -0.05) is 36.4 Å². The number of hydrogen-bond acceptors (Lipinski definition) is 4. The van der Waals surface area contributed by atoms with Gasteiger partial charge >= 0.3 is 0 Å². The second-order valence-corrected chi connectivity index (χ2v) is 9.61. The molecule has 2 atom stereocenters. The van der Waals surface area contributed by atoms with Crippen LogP contribution in [0.1, 0.15) is 22.9 Å². The standard InChI is InChI=1S/C18H22N2O3S2/c1-20(15-9-11-25(22,23)13-15)17(21)12-19-18(16-8-5-10-24-16)14-6-3-2-4-7-14/h2-8,10,15,18-19H,9,11-13H2,1H3/p+1/t15-,18+/m1/s1. The van der Waals surface area contributed by atoms with Crippen LogP contribution in [0.5, 0.6) is 0 Å². The molecule has 1 fully saturated rings. The molecule has 2 aromatic rings. The van der Waals surface area contributed by atoms with Crippen LogP contribution >= 0.6 is 11.3 Å². The van der Waals surface area contributed by atoms with Gasteiger partial charge < -0.3 is 10.2 Å². The van der Waals surface area contributed by atoms with Crippen molar-refractivity contribution in [1.29, 1.82) is 0 Å². The summed E-state index contributed by atoms with van der Waals surface area (Å²) in [5.74, 6) is 0.239. The number of carbonyl (C=O) groups excluding carboxylic acids is 1. The van der Waals surface area contributed by atoms with Crippen molar-refractivity contribution in [3.8, 4) is 0 Å². The number of nitrogens with two attached hydrogens (primary N) is 1. The highest BCUT2D eigenvalue weighted by molar-refractivity contribution is 7.91. The molecule has 3 rings (SSSR count). The first kappa shape index (κ1) is 18.1. The number of quaternary nitrogens is 1. The summed E-state index contributed by atoms with van der Waals surface area (Å²) in [5, 5.41) is 4.07. The molecule has 134 valence electrons. The van der Waals surface area contributed by atoms with E-state index >= 15 is 0 Å². The first-order valence-corrected chi connectivity index (χ1v) is 11.0. The summed E-state index contributed by atoms with van der Waals surface area (Å²) in [5.41, 5.74) is 1.16. The Kier molecular flexibility index (Phi) is 5.56. The smallest absolute Gasteiger partial charge is 0.277 e. The van der Waals surface area contributed by atoms with Crippen molar-refractivity contribution in [2.45, 2.75) is 18.5 Å². The van der Waals surface area contributed by atoms with Crippen molar-refractivity contribution in [3.05, 3.63) is 58.3 Å². The number of likely N-dealkylation sites (N-methyl/N-ethyl adjacent to an activating group) is 1. The van der Waals surface area contributed by atoms with E-state index < -0.39 is 9.84 Å². The molecule has 0 radical (unpaired) electrons. The van der Waals surface area contributed by atoms with E-state index in [4.69, 9.17) is 0 Å². The van der Waals surface area contributed by atoms with Gasteiger partial charge in [0.25, 0.3) is 5.91 Å². The molecule has 2 heterocycles. The summed E-state index contributed by atoms with van der Waals surface area (Å²) in [4.78, 5) is 15.4. The third-order valence-corrected chi connectivity index (χ3v) is 7.39. The second-order valence-electron chi connectivity index (χ2n) is 6.41. The van der Waals surface area contributed by atoms with E-state index in [1.165, 1.54) is 4.88 Å². The predicted octanol–water partition coefficient (Wildman–Crippen LogP) is 1.05. The zero-order valence-electron chi connectivity index (χ0n) is 14.2. The Balaban J connectivity index is 1.66. The quantitative estimate of drug-likeness (QED) is 0.815. The minimum absolute atomic E-state index is 0.0282. The predicted molar refractivity (Wildman–Crippen MR) is 99.2 cm³/mol. The molecule has 0 spiro atoms. The molecule has 1 aromatic carbocycles. The molecule has 5 nitrogen and oxygen atoms in total. The normalized spacial score (nSPS) is 20.3. The maximum atomic E-state index is 12.5. The minimum atomic E-state index is -2.99. The molecule has 2 N–H and O–H groups in total. The lowest BCUT2D eigenvalue weighted by Crippen LogP contribution is -2.87. The van der Waals surface area contributed by atoms with Gasteiger partial charge in [-0.25, -0.2) is 8.42 Å². The van der Waals surface area contributed by atoms with E-state index in [0.717, 1.165) is 5.56 Å². The molecule has 1 amide bonds. The van der Waals surface area contributed by atoms with E-state index in [0.29, 0.717) is 13.0 Å². The van der Waals surface area contributed by atoms with Crippen LogP contribution in [-0.4, -0.2) is 50.4 Å². The van der Waals surface area contributed by atoms with Crippen LogP contribution in [0, 0.1) is 0 Å². The molecular weight excluding hydrogens is 356 g/mol. The van der Waals surface area contributed by atoms with Crippen LogP contribution in [0.4, 0.5) is 0 Å². The van der Waals surface area contributed by atoms with Crippen molar-refractivity contribution >= 4 is 27.1 Å². The number of thiophene rings is 1. The van der Waals surface area contributed by atoms with Gasteiger partial charge in [0.15, 0.2) is 16.4 Å². The molecule has 25 heavy (non-hydrogen) atoms. The molecule has 0 aliphatic carbocycles. The maximum absolute atomic E-state index is 12.5. The third kappa shape index (κ3) is 4.48.